The summed E-state index contributed by atoms with van der Waals surface area (Å²) in [6.07, 6.45) is 2.15. The van der Waals surface area contributed by atoms with E-state index in [0.717, 1.165) is 16.3 Å². The zero-order valence-electron chi connectivity index (χ0n) is 37.8. The molecule has 1 saturated carbocycles. The number of fused-ring (bicyclic) bond motifs is 4. The quantitative estimate of drug-likeness (QED) is 0.0693. The lowest BCUT2D eigenvalue weighted by molar-refractivity contribution is -0.138. The van der Waals surface area contributed by atoms with E-state index in [2.05, 4.69) is 15.7 Å². The lowest BCUT2D eigenvalue weighted by Gasteiger charge is -2.50. The van der Waals surface area contributed by atoms with Gasteiger partial charge in [-0.1, -0.05) is 83.4 Å². The lowest BCUT2D eigenvalue weighted by Crippen LogP contribution is -2.53. The van der Waals surface area contributed by atoms with Crippen molar-refractivity contribution >= 4 is 75.3 Å². The highest BCUT2D eigenvalue weighted by atomic mass is 35.5. The Morgan fingerprint density at radius 2 is 1.45 bits per heavy atom. The normalized spacial score (nSPS) is 22.9. The molecule has 10 rings (SSSR count). The standard InChI is InChI=1S/C54H46Cl2N6O7/c1-60(2)36-16-12-34(13-17-36)57-58-35-14-18-37(19-15-35)61-50(64)42-25-24-40-43(48(42)52(61)66)29-44-51(65)62(59-46-26-11-33(55)27-45(46)56)53(67)54(44,32-9-20-38(68-3)21-10-32)49(40)41-23-22-39(28-47(41)63)69-30-31-7-5-4-6-8-31/h4-24,26-28,42-44,48-49,59,63H,25,29-30H2,1-3H3. The summed E-state index contributed by atoms with van der Waals surface area (Å²) >= 11 is 12.9. The molecule has 2 aliphatic heterocycles. The smallest absolute Gasteiger partial charge is 0.260 e. The van der Waals surface area contributed by atoms with Gasteiger partial charge in [0.15, 0.2) is 0 Å². The van der Waals surface area contributed by atoms with E-state index in [1.165, 1.54) is 24.1 Å². The number of allylic oxidation sites excluding steroid dienone is 2. The van der Waals surface area contributed by atoms with E-state index >= 15 is 14.4 Å². The van der Waals surface area contributed by atoms with Crippen LogP contribution in [-0.4, -0.2) is 54.9 Å². The van der Waals surface area contributed by atoms with Crippen molar-refractivity contribution in [2.75, 3.05) is 36.4 Å². The number of ether oxygens (including phenoxy) is 2. The van der Waals surface area contributed by atoms with Crippen LogP contribution in [0.1, 0.15) is 35.4 Å². The van der Waals surface area contributed by atoms with Crippen molar-refractivity contribution in [2.45, 2.75) is 30.8 Å². The van der Waals surface area contributed by atoms with Gasteiger partial charge in [0.25, 0.3) is 11.8 Å². The number of anilines is 3. The third kappa shape index (κ3) is 7.94. The van der Waals surface area contributed by atoms with Gasteiger partial charge in [0.2, 0.25) is 11.8 Å². The van der Waals surface area contributed by atoms with Crippen LogP contribution in [0.4, 0.5) is 28.4 Å². The summed E-state index contributed by atoms with van der Waals surface area (Å²) in [5, 5.41) is 22.5. The molecule has 13 nitrogen and oxygen atoms in total. The average Bonchev–Trinajstić information content (AvgIpc) is 3.74. The van der Waals surface area contributed by atoms with Crippen molar-refractivity contribution in [3.63, 3.8) is 0 Å². The Morgan fingerprint density at radius 3 is 2.10 bits per heavy atom. The van der Waals surface area contributed by atoms with Gasteiger partial charge in [0, 0.05) is 42.4 Å². The first kappa shape index (κ1) is 45.3. The first-order chi connectivity index (χ1) is 33.4. The van der Waals surface area contributed by atoms with Gasteiger partial charge in [0.1, 0.15) is 23.9 Å². The monoisotopic (exact) mass is 960 g/mol. The minimum Gasteiger partial charge on any atom is -0.508 e. The van der Waals surface area contributed by atoms with E-state index in [1.807, 2.05) is 79.7 Å². The van der Waals surface area contributed by atoms with Crippen LogP contribution in [-0.2, 0) is 31.2 Å². The number of imide groups is 2. The molecule has 2 heterocycles. The van der Waals surface area contributed by atoms with Crippen LogP contribution in [0.15, 0.2) is 161 Å². The molecule has 69 heavy (non-hydrogen) atoms. The molecular formula is C54H46Cl2N6O7. The molecule has 4 amide bonds. The maximum Gasteiger partial charge on any atom is 0.260 e. The highest BCUT2D eigenvalue weighted by Crippen LogP contribution is 2.65. The van der Waals surface area contributed by atoms with Crippen LogP contribution in [0.25, 0.3) is 0 Å². The maximum atomic E-state index is 15.7. The molecule has 0 spiro atoms. The first-order valence-corrected chi connectivity index (χ1v) is 23.2. The van der Waals surface area contributed by atoms with Gasteiger partial charge in [-0.3, -0.25) is 29.5 Å². The fourth-order valence-electron chi connectivity index (χ4n) is 10.6. The Labute approximate surface area is 408 Å². The molecule has 2 saturated heterocycles. The topological polar surface area (TPSA) is 153 Å². The number of azo groups is 1. The summed E-state index contributed by atoms with van der Waals surface area (Å²) in [6.45, 7) is 0.239. The third-order valence-electron chi connectivity index (χ3n) is 13.9. The Kier molecular flexibility index (Phi) is 12.0. The number of carbonyl (C=O) groups is 4. The number of phenolic OH excluding ortho intramolecular Hbond substituents is 1. The molecule has 6 atom stereocenters. The number of hydrogen-bond donors (Lipinski definition) is 2. The second kappa shape index (κ2) is 18.2. The number of methoxy groups -OCH3 is 1. The summed E-state index contributed by atoms with van der Waals surface area (Å²) in [5.74, 6) is -5.64. The predicted octanol–water partition coefficient (Wildman–Crippen LogP) is 11.0. The molecule has 0 bridgehead atoms. The Morgan fingerprint density at radius 1 is 0.768 bits per heavy atom. The molecule has 2 N–H and O–H groups in total. The predicted molar refractivity (Wildman–Crippen MR) is 263 cm³/mol. The van der Waals surface area contributed by atoms with Gasteiger partial charge >= 0.3 is 0 Å². The number of amides is 4. The summed E-state index contributed by atoms with van der Waals surface area (Å²) < 4.78 is 11.7. The van der Waals surface area contributed by atoms with Gasteiger partial charge in [-0.25, -0.2) is 0 Å². The largest absolute Gasteiger partial charge is 0.508 e. The van der Waals surface area contributed by atoms with E-state index in [1.54, 1.807) is 72.8 Å². The maximum absolute atomic E-state index is 15.7. The van der Waals surface area contributed by atoms with Crippen molar-refractivity contribution in [2.24, 2.45) is 33.9 Å². The number of carbonyl (C=O) groups excluding carboxylic acids is 4. The number of phenols is 1. The lowest BCUT2D eigenvalue weighted by atomic mass is 9.49. The van der Waals surface area contributed by atoms with Gasteiger partial charge in [0.05, 0.1) is 58.1 Å². The van der Waals surface area contributed by atoms with E-state index in [0.29, 0.717) is 50.3 Å². The van der Waals surface area contributed by atoms with Crippen molar-refractivity contribution < 1.29 is 33.8 Å². The molecule has 6 aromatic carbocycles. The molecule has 6 unspecified atom stereocenters. The van der Waals surface area contributed by atoms with Gasteiger partial charge < -0.3 is 19.5 Å². The van der Waals surface area contributed by atoms with Crippen LogP contribution in [0, 0.1) is 23.7 Å². The van der Waals surface area contributed by atoms with Gasteiger partial charge in [-0.15, -0.1) is 0 Å². The second-order valence-electron chi connectivity index (χ2n) is 17.8. The summed E-state index contributed by atoms with van der Waals surface area (Å²) in [6, 6.07) is 40.6. The molecule has 348 valence electrons. The van der Waals surface area contributed by atoms with Gasteiger partial charge in [-0.05, 0) is 115 Å². The minimum atomic E-state index is -1.68. The fraction of sp³-hybridized carbons (Fsp3) is 0.222. The number of hydrazine groups is 1. The van der Waals surface area contributed by atoms with Crippen molar-refractivity contribution in [3.05, 3.63) is 178 Å². The van der Waals surface area contributed by atoms with E-state index in [4.69, 9.17) is 32.7 Å². The van der Waals surface area contributed by atoms with E-state index in [9.17, 15) is 9.90 Å². The first-order valence-electron chi connectivity index (χ1n) is 22.5. The van der Waals surface area contributed by atoms with E-state index < -0.39 is 52.7 Å². The minimum absolute atomic E-state index is 0.0351. The Balaban J connectivity index is 1.05. The molecule has 2 aliphatic carbocycles. The SMILES string of the molecule is COc1ccc(C23C(=O)N(Nc4ccc(Cl)cc4Cl)C(=O)C2CC2C(=CCC4C(=O)N(c5ccc(N=Nc6ccc(N(C)C)cc6)cc5)C(=O)C42)C3c2ccc(OCc3ccccc3)cc2O)cc1. The number of rotatable bonds is 12. The zero-order chi connectivity index (χ0) is 48.1. The van der Waals surface area contributed by atoms with E-state index in [-0.39, 0.29) is 41.8 Å². The average molecular weight is 962 g/mol. The van der Waals surface area contributed by atoms with Crippen molar-refractivity contribution in [3.8, 4) is 17.2 Å². The molecule has 0 radical (unpaired) electrons. The van der Waals surface area contributed by atoms with Crippen LogP contribution >= 0.6 is 23.2 Å². The summed E-state index contributed by atoms with van der Waals surface area (Å²) in [4.78, 5) is 63.7. The summed E-state index contributed by atoms with van der Waals surface area (Å²) in [5.41, 5.74) is 6.62. The van der Waals surface area contributed by atoms with Gasteiger partial charge in [-0.2, -0.15) is 15.2 Å². The Bertz CT molecular complexity index is 3060. The molecule has 6 aromatic rings. The number of aromatic hydroxyl groups is 1. The van der Waals surface area contributed by atoms with Crippen molar-refractivity contribution in [1.82, 2.24) is 5.01 Å². The van der Waals surface area contributed by atoms with Crippen LogP contribution in [0.2, 0.25) is 10.0 Å². The molecular weight excluding hydrogens is 916 g/mol. The number of nitrogens with zero attached hydrogens (tertiary/aromatic N) is 5. The summed E-state index contributed by atoms with van der Waals surface area (Å²) in [7, 11) is 5.45. The number of benzene rings is 6. The fourth-order valence-corrected chi connectivity index (χ4v) is 11.1. The van der Waals surface area contributed by atoms with Crippen molar-refractivity contribution in [1.29, 1.82) is 0 Å². The number of halogens is 2. The van der Waals surface area contributed by atoms with Crippen LogP contribution < -0.4 is 24.7 Å². The Hall–Kier alpha value is -7.48. The highest BCUT2D eigenvalue weighted by Gasteiger charge is 2.70. The molecule has 3 fully saturated rings. The molecule has 4 aliphatic rings. The second-order valence-corrected chi connectivity index (χ2v) is 18.7. The number of hydrogen-bond acceptors (Lipinski definition) is 11. The number of nitrogens with one attached hydrogen (secondary N) is 1. The highest BCUT2D eigenvalue weighted by molar-refractivity contribution is 6.36. The molecule has 15 heteroatoms. The van der Waals surface area contributed by atoms with Crippen LogP contribution in [0.3, 0.4) is 0 Å². The van der Waals surface area contributed by atoms with Crippen LogP contribution in [0.5, 0.6) is 17.2 Å². The molecule has 0 aromatic heterocycles. The zero-order valence-corrected chi connectivity index (χ0v) is 39.3. The third-order valence-corrected chi connectivity index (χ3v) is 14.4.